The minimum atomic E-state index is -0.501. The van der Waals surface area contributed by atoms with Gasteiger partial charge in [0.15, 0.2) is 0 Å². The SMILES string of the molecule is NNC(=O)N(/N=C\c1ccccc1)c1ccccc1. The summed E-state index contributed by atoms with van der Waals surface area (Å²) in [6.45, 7) is 0. The molecule has 0 heterocycles. The fourth-order valence-corrected chi connectivity index (χ4v) is 1.53. The standard InChI is InChI=1S/C14H14N4O/c15-17-14(19)18(13-9-5-2-6-10-13)16-11-12-7-3-1-4-8-12/h1-11H,15H2,(H,17,19)/b16-11-. The van der Waals surface area contributed by atoms with Gasteiger partial charge in [-0.1, -0.05) is 48.5 Å². The molecule has 0 fully saturated rings. The number of carbonyl (C=O) groups is 1. The Labute approximate surface area is 111 Å². The maximum absolute atomic E-state index is 11.7. The molecule has 0 aromatic heterocycles. The second-order valence-corrected chi connectivity index (χ2v) is 3.75. The summed E-state index contributed by atoms with van der Waals surface area (Å²) in [6.07, 6.45) is 1.60. The van der Waals surface area contributed by atoms with E-state index in [1.54, 1.807) is 18.3 Å². The van der Waals surface area contributed by atoms with Crippen molar-refractivity contribution in [2.24, 2.45) is 10.9 Å². The zero-order valence-corrected chi connectivity index (χ0v) is 10.2. The maximum atomic E-state index is 11.7. The molecule has 0 saturated heterocycles. The Morgan fingerprint density at radius 2 is 1.63 bits per heavy atom. The molecule has 2 aromatic rings. The number of hydrazine groups is 1. The molecule has 0 aliphatic heterocycles. The summed E-state index contributed by atoms with van der Waals surface area (Å²) in [7, 11) is 0. The largest absolute Gasteiger partial charge is 0.356 e. The number of hydrogen-bond donors (Lipinski definition) is 2. The normalized spacial score (nSPS) is 10.4. The van der Waals surface area contributed by atoms with Gasteiger partial charge in [0.1, 0.15) is 0 Å². The topological polar surface area (TPSA) is 70.7 Å². The monoisotopic (exact) mass is 254 g/mol. The molecule has 2 amide bonds. The number of nitrogens with one attached hydrogen (secondary N) is 1. The lowest BCUT2D eigenvalue weighted by molar-refractivity contribution is 0.247. The fourth-order valence-electron chi connectivity index (χ4n) is 1.53. The average Bonchev–Trinajstić information content (AvgIpc) is 2.49. The second-order valence-electron chi connectivity index (χ2n) is 3.75. The molecule has 2 aromatic carbocycles. The van der Waals surface area contributed by atoms with Crippen molar-refractivity contribution < 1.29 is 4.79 Å². The van der Waals surface area contributed by atoms with Crippen molar-refractivity contribution in [2.75, 3.05) is 5.01 Å². The summed E-state index contributed by atoms with van der Waals surface area (Å²) >= 11 is 0. The lowest BCUT2D eigenvalue weighted by Gasteiger charge is -2.15. The summed E-state index contributed by atoms with van der Waals surface area (Å²) in [5.41, 5.74) is 3.61. The highest BCUT2D eigenvalue weighted by atomic mass is 16.2. The van der Waals surface area contributed by atoms with E-state index < -0.39 is 6.03 Å². The maximum Gasteiger partial charge on any atom is 0.356 e. The van der Waals surface area contributed by atoms with Crippen LogP contribution in [0.4, 0.5) is 10.5 Å². The lowest BCUT2D eigenvalue weighted by atomic mass is 10.2. The summed E-state index contributed by atoms with van der Waals surface area (Å²) in [5, 5.41) is 5.35. The van der Waals surface area contributed by atoms with Crippen molar-refractivity contribution in [2.45, 2.75) is 0 Å². The fraction of sp³-hybridized carbons (Fsp3) is 0. The quantitative estimate of drug-likeness (QED) is 0.381. The number of nitrogens with two attached hydrogens (primary N) is 1. The summed E-state index contributed by atoms with van der Waals surface area (Å²) in [6, 6.07) is 18.1. The van der Waals surface area contributed by atoms with E-state index in [0.717, 1.165) is 5.56 Å². The Morgan fingerprint density at radius 1 is 1.05 bits per heavy atom. The Bertz CT molecular complexity index is 554. The van der Waals surface area contributed by atoms with Crippen molar-refractivity contribution in [3.63, 3.8) is 0 Å². The van der Waals surface area contributed by atoms with Gasteiger partial charge in [-0.05, 0) is 17.7 Å². The van der Waals surface area contributed by atoms with Crippen molar-refractivity contribution in [3.8, 4) is 0 Å². The van der Waals surface area contributed by atoms with Crippen LogP contribution in [-0.2, 0) is 0 Å². The summed E-state index contributed by atoms with van der Waals surface area (Å²) in [5.74, 6) is 5.16. The molecule has 0 unspecified atom stereocenters. The van der Waals surface area contributed by atoms with E-state index in [9.17, 15) is 4.79 Å². The van der Waals surface area contributed by atoms with Gasteiger partial charge in [-0.25, -0.2) is 10.6 Å². The van der Waals surface area contributed by atoms with Crippen LogP contribution in [0.2, 0.25) is 0 Å². The van der Waals surface area contributed by atoms with Gasteiger partial charge in [-0.2, -0.15) is 10.1 Å². The van der Waals surface area contributed by atoms with Crippen LogP contribution in [0, 0.1) is 0 Å². The van der Waals surface area contributed by atoms with Gasteiger partial charge in [0.25, 0.3) is 0 Å². The van der Waals surface area contributed by atoms with Crippen LogP contribution in [0.25, 0.3) is 0 Å². The number of rotatable bonds is 3. The van der Waals surface area contributed by atoms with Gasteiger partial charge in [-0.3, -0.25) is 5.43 Å². The van der Waals surface area contributed by atoms with Crippen LogP contribution in [0.3, 0.4) is 0 Å². The minimum absolute atomic E-state index is 0.501. The van der Waals surface area contributed by atoms with Crippen molar-refractivity contribution >= 4 is 17.9 Å². The molecule has 3 N–H and O–H groups in total. The van der Waals surface area contributed by atoms with Crippen LogP contribution < -0.4 is 16.3 Å². The molecule has 0 aliphatic rings. The number of amides is 2. The molecule has 5 nitrogen and oxygen atoms in total. The van der Waals surface area contributed by atoms with Gasteiger partial charge in [-0.15, -0.1) is 0 Å². The molecule has 0 bridgehead atoms. The van der Waals surface area contributed by atoms with E-state index in [-0.39, 0.29) is 0 Å². The Kier molecular flexibility index (Phi) is 4.25. The van der Waals surface area contributed by atoms with Crippen LogP contribution >= 0.6 is 0 Å². The summed E-state index contributed by atoms with van der Waals surface area (Å²) < 4.78 is 0. The highest BCUT2D eigenvalue weighted by Gasteiger charge is 2.12. The zero-order valence-electron chi connectivity index (χ0n) is 10.2. The van der Waals surface area contributed by atoms with Crippen molar-refractivity contribution in [1.82, 2.24) is 5.43 Å². The first-order valence-electron chi connectivity index (χ1n) is 5.76. The highest BCUT2D eigenvalue weighted by Crippen LogP contribution is 2.13. The van der Waals surface area contributed by atoms with Gasteiger partial charge < -0.3 is 0 Å². The van der Waals surface area contributed by atoms with Crippen LogP contribution in [0.15, 0.2) is 65.8 Å². The lowest BCUT2D eigenvalue weighted by Crippen LogP contribution is -2.40. The van der Waals surface area contributed by atoms with Gasteiger partial charge in [0.05, 0.1) is 11.9 Å². The second kappa shape index (κ2) is 6.32. The number of nitrogens with zero attached hydrogens (tertiary/aromatic N) is 2. The number of urea groups is 1. The number of hydrogen-bond acceptors (Lipinski definition) is 3. The van der Waals surface area contributed by atoms with Gasteiger partial charge in [0, 0.05) is 0 Å². The number of hydrazone groups is 1. The molecule has 2 rings (SSSR count). The predicted octanol–water partition coefficient (Wildman–Crippen LogP) is 2.11. The molecule has 0 atom stereocenters. The van der Waals surface area contributed by atoms with E-state index in [1.807, 2.05) is 48.5 Å². The number of para-hydroxylation sites is 1. The highest BCUT2D eigenvalue weighted by molar-refractivity contribution is 5.93. The van der Waals surface area contributed by atoms with Crippen molar-refractivity contribution in [3.05, 3.63) is 66.2 Å². The number of benzene rings is 2. The van der Waals surface area contributed by atoms with E-state index in [4.69, 9.17) is 5.84 Å². The van der Waals surface area contributed by atoms with Crippen molar-refractivity contribution in [1.29, 1.82) is 0 Å². The molecule has 19 heavy (non-hydrogen) atoms. The third-order valence-corrected chi connectivity index (χ3v) is 2.44. The van der Waals surface area contributed by atoms with Crippen LogP contribution in [0.1, 0.15) is 5.56 Å². The zero-order chi connectivity index (χ0) is 13.5. The van der Waals surface area contributed by atoms with Crippen LogP contribution in [0.5, 0.6) is 0 Å². The molecule has 0 spiro atoms. The Morgan fingerprint density at radius 3 is 2.21 bits per heavy atom. The molecule has 0 radical (unpaired) electrons. The molecular weight excluding hydrogens is 240 g/mol. The Balaban J connectivity index is 2.25. The molecule has 0 saturated carbocycles. The third kappa shape index (κ3) is 3.40. The van der Waals surface area contributed by atoms with Gasteiger partial charge >= 0.3 is 6.03 Å². The molecule has 96 valence electrons. The average molecular weight is 254 g/mol. The molecule has 0 aliphatic carbocycles. The first-order chi connectivity index (χ1) is 9.31. The van der Waals surface area contributed by atoms with E-state index >= 15 is 0 Å². The minimum Gasteiger partial charge on any atom is -0.274 e. The molecular formula is C14H14N4O. The first kappa shape index (κ1) is 12.8. The number of anilines is 1. The first-order valence-corrected chi connectivity index (χ1v) is 5.76. The van der Waals surface area contributed by atoms with E-state index in [0.29, 0.717) is 5.69 Å². The van der Waals surface area contributed by atoms with Gasteiger partial charge in [0.2, 0.25) is 0 Å². The van der Waals surface area contributed by atoms with E-state index in [2.05, 4.69) is 10.5 Å². The predicted molar refractivity (Wildman–Crippen MR) is 75.7 cm³/mol. The molecule has 5 heteroatoms. The van der Waals surface area contributed by atoms with E-state index in [1.165, 1.54) is 5.01 Å². The summed E-state index contributed by atoms with van der Waals surface area (Å²) in [4.78, 5) is 11.7. The number of carbonyl (C=O) groups excluding carboxylic acids is 1. The smallest absolute Gasteiger partial charge is 0.274 e. The third-order valence-electron chi connectivity index (χ3n) is 2.44. The van der Waals surface area contributed by atoms with Crippen LogP contribution in [-0.4, -0.2) is 12.2 Å². The Hall–Kier alpha value is -2.66.